The molecular formula is C15H32N2. The van der Waals surface area contributed by atoms with Crippen LogP contribution in [0.2, 0.25) is 0 Å². The molecule has 0 bridgehead atoms. The Hall–Kier alpha value is -0.0800. The normalized spacial score (nSPS) is 23.6. The molecule has 2 nitrogen and oxygen atoms in total. The van der Waals surface area contributed by atoms with Crippen LogP contribution in [-0.4, -0.2) is 30.1 Å². The minimum absolute atomic E-state index is 0.0105. The highest BCUT2D eigenvalue weighted by Gasteiger charge is 2.17. The van der Waals surface area contributed by atoms with E-state index in [1.165, 1.54) is 58.2 Å². The van der Waals surface area contributed by atoms with Gasteiger partial charge in [-0.25, -0.2) is 0 Å². The molecule has 102 valence electrons. The van der Waals surface area contributed by atoms with Crippen molar-refractivity contribution in [3.63, 3.8) is 0 Å². The molecule has 1 saturated heterocycles. The van der Waals surface area contributed by atoms with Crippen molar-refractivity contribution < 1.29 is 0 Å². The minimum atomic E-state index is 0.0105. The maximum atomic E-state index is 6.03. The monoisotopic (exact) mass is 240 g/mol. The summed E-state index contributed by atoms with van der Waals surface area (Å²) in [7, 11) is 0. The van der Waals surface area contributed by atoms with E-state index in [9.17, 15) is 0 Å². The second-order valence-corrected chi connectivity index (χ2v) is 6.52. The van der Waals surface area contributed by atoms with Gasteiger partial charge < -0.3 is 10.6 Å². The van der Waals surface area contributed by atoms with Gasteiger partial charge in [-0.2, -0.15) is 0 Å². The Bertz CT molecular complexity index is 196. The molecule has 0 amide bonds. The zero-order chi connectivity index (χ0) is 12.7. The second-order valence-electron chi connectivity index (χ2n) is 6.52. The molecule has 0 aromatic heterocycles. The van der Waals surface area contributed by atoms with Crippen LogP contribution in [-0.2, 0) is 0 Å². The Morgan fingerprint density at radius 2 is 2.00 bits per heavy atom. The molecule has 1 atom stereocenters. The standard InChI is InChI=1S/C15H32N2/c1-4-7-14-8-5-11-17(13-9-14)12-6-10-15(2,3)16/h14H,4-13,16H2,1-3H3. The number of rotatable bonds is 6. The number of hydrogen-bond acceptors (Lipinski definition) is 2. The fourth-order valence-electron chi connectivity index (χ4n) is 2.90. The van der Waals surface area contributed by atoms with Crippen molar-refractivity contribution in [1.29, 1.82) is 0 Å². The molecule has 0 aliphatic carbocycles. The topological polar surface area (TPSA) is 29.3 Å². The van der Waals surface area contributed by atoms with Crippen molar-refractivity contribution in [2.75, 3.05) is 19.6 Å². The van der Waals surface area contributed by atoms with Crippen LogP contribution >= 0.6 is 0 Å². The third kappa shape index (κ3) is 7.05. The van der Waals surface area contributed by atoms with Crippen LogP contribution in [0.25, 0.3) is 0 Å². The largest absolute Gasteiger partial charge is 0.326 e. The second kappa shape index (κ2) is 7.38. The summed E-state index contributed by atoms with van der Waals surface area (Å²) in [4.78, 5) is 2.65. The highest BCUT2D eigenvalue weighted by Crippen LogP contribution is 2.22. The van der Waals surface area contributed by atoms with E-state index in [2.05, 4.69) is 25.7 Å². The fourth-order valence-corrected chi connectivity index (χ4v) is 2.90. The molecule has 0 aromatic carbocycles. The molecule has 2 heteroatoms. The Kier molecular flexibility index (Phi) is 6.50. The van der Waals surface area contributed by atoms with Crippen molar-refractivity contribution in [1.82, 2.24) is 4.90 Å². The van der Waals surface area contributed by atoms with Crippen LogP contribution in [0.1, 0.15) is 65.7 Å². The fraction of sp³-hybridized carbons (Fsp3) is 1.00. The van der Waals surface area contributed by atoms with Gasteiger partial charge in [-0.05, 0) is 71.5 Å². The molecule has 0 saturated carbocycles. The summed E-state index contributed by atoms with van der Waals surface area (Å²) in [6.07, 6.45) is 9.45. The first-order valence-electron chi connectivity index (χ1n) is 7.52. The molecule has 1 unspecified atom stereocenters. The van der Waals surface area contributed by atoms with E-state index in [-0.39, 0.29) is 5.54 Å². The maximum Gasteiger partial charge on any atom is 0.00975 e. The lowest BCUT2D eigenvalue weighted by molar-refractivity contribution is 0.264. The van der Waals surface area contributed by atoms with Crippen LogP contribution in [0.4, 0.5) is 0 Å². The molecule has 0 aromatic rings. The van der Waals surface area contributed by atoms with Crippen molar-refractivity contribution >= 4 is 0 Å². The van der Waals surface area contributed by atoms with Crippen molar-refractivity contribution in [3.05, 3.63) is 0 Å². The van der Waals surface area contributed by atoms with Gasteiger partial charge in [0.2, 0.25) is 0 Å². The lowest BCUT2D eigenvalue weighted by atomic mass is 9.96. The van der Waals surface area contributed by atoms with Crippen molar-refractivity contribution in [2.45, 2.75) is 71.3 Å². The molecule has 0 spiro atoms. The minimum Gasteiger partial charge on any atom is -0.326 e. The van der Waals surface area contributed by atoms with Gasteiger partial charge in [-0.15, -0.1) is 0 Å². The zero-order valence-corrected chi connectivity index (χ0v) is 12.2. The first-order chi connectivity index (χ1) is 8.01. The zero-order valence-electron chi connectivity index (χ0n) is 12.2. The average molecular weight is 240 g/mol. The van der Waals surface area contributed by atoms with Crippen LogP contribution in [0.3, 0.4) is 0 Å². The first-order valence-corrected chi connectivity index (χ1v) is 7.52. The van der Waals surface area contributed by atoms with E-state index in [1.807, 2.05) is 0 Å². The summed E-state index contributed by atoms with van der Waals surface area (Å²) in [5.74, 6) is 0.996. The van der Waals surface area contributed by atoms with E-state index in [1.54, 1.807) is 0 Å². The molecule has 1 rings (SSSR count). The Morgan fingerprint density at radius 3 is 2.65 bits per heavy atom. The molecular weight excluding hydrogens is 208 g/mol. The lowest BCUT2D eigenvalue weighted by Gasteiger charge is -2.23. The van der Waals surface area contributed by atoms with Crippen molar-refractivity contribution in [3.8, 4) is 0 Å². The Balaban J connectivity index is 2.18. The van der Waals surface area contributed by atoms with Gasteiger partial charge in [0.15, 0.2) is 0 Å². The summed E-state index contributed by atoms with van der Waals surface area (Å²) < 4.78 is 0. The average Bonchev–Trinajstić information content (AvgIpc) is 2.43. The Morgan fingerprint density at radius 1 is 1.24 bits per heavy atom. The van der Waals surface area contributed by atoms with E-state index >= 15 is 0 Å². The van der Waals surface area contributed by atoms with E-state index < -0.39 is 0 Å². The quantitative estimate of drug-likeness (QED) is 0.771. The predicted molar refractivity (Wildman–Crippen MR) is 76.2 cm³/mol. The lowest BCUT2D eigenvalue weighted by Crippen LogP contribution is -2.34. The van der Waals surface area contributed by atoms with E-state index in [0.717, 1.165) is 12.3 Å². The smallest absolute Gasteiger partial charge is 0.00975 e. The van der Waals surface area contributed by atoms with Crippen molar-refractivity contribution in [2.24, 2.45) is 11.7 Å². The third-order valence-electron chi connectivity index (χ3n) is 3.93. The van der Waals surface area contributed by atoms with Gasteiger partial charge in [-0.3, -0.25) is 0 Å². The van der Waals surface area contributed by atoms with Gasteiger partial charge in [0, 0.05) is 5.54 Å². The van der Waals surface area contributed by atoms with Gasteiger partial charge in [0.05, 0.1) is 0 Å². The van der Waals surface area contributed by atoms with Gasteiger partial charge in [-0.1, -0.05) is 19.8 Å². The Labute approximate surface area is 108 Å². The molecule has 0 radical (unpaired) electrons. The first kappa shape index (κ1) is 15.0. The molecule has 1 aliphatic rings. The summed E-state index contributed by atoms with van der Waals surface area (Å²) in [5.41, 5.74) is 6.04. The summed E-state index contributed by atoms with van der Waals surface area (Å²) in [6, 6.07) is 0. The molecule has 17 heavy (non-hydrogen) atoms. The van der Waals surface area contributed by atoms with Crippen LogP contribution in [0, 0.1) is 5.92 Å². The molecule has 1 fully saturated rings. The van der Waals surface area contributed by atoms with Crippen LogP contribution < -0.4 is 5.73 Å². The van der Waals surface area contributed by atoms with Crippen LogP contribution in [0.15, 0.2) is 0 Å². The highest BCUT2D eigenvalue weighted by molar-refractivity contribution is 4.74. The predicted octanol–water partition coefficient (Wildman–Crippen LogP) is 3.41. The third-order valence-corrected chi connectivity index (χ3v) is 3.93. The number of nitrogens with zero attached hydrogens (tertiary/aromatic N) is 1. The maximum absolute atomic E-state index is 6.03. The highest BCUT2D eigenvalue weighted by atomic mass is 15.1. The number of hydrogen-bond donors (Lipinski definition) is 1. The number of likely N-dealkylation sites (tertiary alicyclic amines) is 1. The SMILES string of the molecule is CCCC1CCCN(CCCC(C)(C)N)CC1. The van der Waals surface area contributed by atoms with Gasteiger partial charge >= 0.3 is 0 Å². The van der Waals surface area contributed by atoms with Crippen LogP contribution in [0.5, 0.6) is 0 Å². The number of nitrogens with two attached hydrogens (primary N) is 1. The van der Waals surface area contributed by atoms with Gasteiger partial charge in [0.25, 0.3) is 0 Å². The molecule has 1 aliphatic heterocycles. The molecule has 1 heterocycles. The molecule has 2 N–H and O–H groups in total. The summed E-state index contributed by atoms with van der Waals surface area (Å²) in [6.45, 7) is 10.5. The van der Waals surface area contributed by atoms with E-state index in [0.29, 0.717) is 0 Å². The van der Waals surface area contributed by atoms with E-state index in [4.69, 9.17) is 5.73 Å². The summed E-state index contributed by atoms with van der Waals surface area (Å²) in [5, 5.41) is 0. The summed E-state index contributed by atoms with van der Waals surface area (Å²) >= 11 is 0. The van der Waals surface area contributed by atoms with Gasteiger partial charge in [0.1, 0.15) is 0 Å².